The molecule has 0 bridgehead atoms. The van der Waals surface area contributed by atoms with Crippen LogP contribution in [0.3, 0.4) is 0 Å². The molecule has 0 aromatic carbocycles. The summed E-state index contributed by atoms with van der Waals surface area (Å²) in [6, 6.07) is 1.38. The Kier molecular flexibility index (Phi) is 6.16. The number of thiophene rings is 1. The lowest BCUT2D eigenvalue weighted by Gasteiger charge is -2.20. The van der Waals surface area contributed by atoms with Crippen LogP contribution in [0.25, 0.3) is 0 Å². The van der Waals surface area contributed by atoms with Crippen LogP contribution in [0.5, 0.6) is 0 Å². The van der Waals surface area contributed by atoms with Gasteiger partial charge in [0.05, 0.1) is 24.2 Å². The minimum absolute atomic E-state index is 0.0505. The highest BCUT2D eigenvalue weighted by atomic mass is 32.1. The molecule has 0 amide bonds. The maximum atomic E-state index is 11.1. The van der Waals surface area contributed by atoms with Crippen molar-refractivity contribution < 1.29 is 19.9 Å². The second-order valence-electron chi connectivity index (χ2n) is 3.98. The minimum Gasteiger partial charge on any atom is -0.395 e. The number of rotatable bonds is 8. The fourth-order valence-corrected chi connectivity index (χ4v) is 2.70. The third-order valence-electron chi connectivity index (χ3n) is 2.54. The quantitative estimate of drug-likeness (QED) is 0.551. The van der Waals surface area contributed by atoms with E-state index in [1.807, 2.05) is 0 Å². The van der Waals surface area contributed by atoms with Crippen molar-refractivity contribution in [3.8, 4) is 0 Å². The molecule has 0 radical (unpaired) electrons. The first-order valence-corrected chi connectivity index (χ1v) is 6.63. The number of hydrogen-bond donors (Lipinski definition) is 2. The summed E-state index contributed by atoms with van der Waals surface area (Å²) < 4.78 is 4.96. The molecule has 1 rings (SSSR count). The summed E-state index contributed by atoms with van der Waals surface area (Å²) in [7, 11) is 1.54. The molecule has 1 aromatic rings. The van der Waals surface area contributed by atoms with Gasteiger partial charge < -0.3 is 19.8 Å². The summed E-state index contributed by atoms with van der Waals surface area (Å²) in [6.07, 6.45) is -0.754. The average molecular weight is 290 g/mol. The molecule has 0 fully saturated rings. The van der Waals surface area contributed by atoms with Gasteiger partial charge in [0.15, 0.2) is 5.00 Å². The van der Waals surface area contributed by atoms with Crippen molar-refractivity contribution in [3.63, 3.8) is 0 Å². The van der Waals surface area contributed by atoms with E-state index in [1.54, 1.807) is 18.9 Å². The summed E-state index contributed by atoms with van der Waals surface area (Å²) >= 11 is 1.16. The van der Waals surface area contributed by atoms with E-state index < -0.39 is 11.0 Å². The molecule has 8 heteroatoms. The van der Waals surface area contributed by atoms with Gasteiger partial charge >= 0.3 is 5.69 Å². The Hall–Kier alpha value is -1.22. The zero-order chi connectivity index (χ0) is 14.4. The van der Waals surface area contributed by atoms with E-state index in [9.17, 15) is 15.2 Å². The van der Waals surface area contributed by atoms with Crippen molar-refractivity contribution in [1.82, 2.24) is 0 Å². The Morgan fingerprint density at radius 3 is 2.74 bits per heavy atom. The predicted molar refractivity (Wildman–Crippen MR) is 72.8 cm³/mol. The summed E-state index contributed by atoms with van der Waals surface area (Å²) in [5.74, 6) is 0. The number of aliphatic hydroxyl groups is 2. The van der Waals surface area contributed by atoms with Gasteiger partial charge in [-0.2, -0.15) is 0 Å². The molecule has 0 aliphatic carbocycles. The van der Waals surface area contributed by atoms with Gasteiger partial charge in [-0.3, -0.25) is 10.1 Å². The summed E-state index contributed by atoms with van der Waals surface area (Å²) in [5, 5.41) is 30.1. The van der Waals surface area contributed by atoms with Gasteiger partial charge in [0.2, 0.25) is 0 Å². The molecular weight excluding hydrogens is 272 g/mol. The Morgan fingerprint density at radius 1 is 1.58 bits per heavy atom. The number of anilines is 1. The SMILES string of the molecule is COCCN(CCO)c1sc(C(C)O)cc1[N+](=O)[O-]. The molecule has 0 aliphatic heterocycles. The molecule has 1 unspecified atom stereocenters. The monoisotopic (exact) mass is 290 g/mol. The molecule has 0 saturated carbocycles. The molecule has 1 aromatic heterocycles. The lowest BCUT2D eigenvalue weighted by Crippen LogP contribution is -2.29. The highest BCUT2D eigenvalue weighted by Gasteiger charge is 2.25. The predicted octanol–water partition coefficient (Wildman–Crippen LogP) is 1.15. The van der Waals surface area contributed by atoms with Crippen LogP contribution in [0.4, 0.5) is 10.7 Å². The molecule has 0 aliphatic rings. The highest BCUT2D eigenvalue weighted by Crippen LogP contribution is 2.39. The van der Waals surface area contributed by atoms with Gasteiger partial charge in [-0.15, -0.1) is 11.3 Å². The highest BCUT2D eigenvalue weighted by molar-refractivity contribution is 7.16. The first kappa shape index (κ1) is 15.8. The molecule has 2 N–H and O–H groups in total. The first-order chi connectivity index (χ1) is 9.01. The zero-order valence-corrected chi connectivity index (χ0v) is 11.7. The number of methoxy groups -OCH3 is 1. The molecule has 7 nitrogen and oxygen atoms in total. The van der Waals surface area contributed by atoms with Crippen LogP contribution in [-0.4, -0.2) is 48.5 Å². The van der Waals surface area contributed by atoms with E-state index in [0.717, 1.165) is 11.3 Å². The Morgan fingerprint density at radius 2 is 2.26 bits per heavy atom. The number of nitrogens with zero attached hydrogens (tertiary/aromatic N) is 2. The second-order valence-corrected chi connectivity index (χ2v) is 5.04. The second kappa shape index (κ2) is 7.39. The van der Waals surface area contributed by atoms with Crippen molar-refractivity contribution >= 4 is 22.0 Å². The van der Waals surface area contributed by atoms with E-state index in [0.29, 0.717) is 23.0 Å². The number of hydrogen-bond acceptors (Lipinski definition) is 7. The van der Waals surface area contributed by atoms with Gasteiger partial charge in [0.25, 0.3) is 0 Å². The van der Waals surface area contributed by atoms with Crippen LogP contribution in [-0.2, 0) is 4.74 Å². The Labute approximate surface area is 115 Å². The Balaban J connectivity index is 3.08. The third-order valence-corrected chi connectivity index (χ3v) is 3.90. The number of ether oxygens (including phenoxy) is 1. The van der Waals surface area contributed by atoms with Crippen LogP contribution in [0.1, 0.15) is 17.9 Å². The van der Waals surface area contributed by atoms with Crippen molar-refractivity contribution in [2.45, 2.75) is 13.0 Å². The minimum atomic E-state index is -0.754. The van der Waals surface area contributed by atoms with Crippen LogP contribution < -0.4 is 4.90 Å². The standard InChI is InChI=1S/C11H18N2O5S/c1-8(15)10-7-9(13(16)17)11(19-10)12(3-5-14)4-6-18-2/h7-8,14-15H,3-6H2,1-2H3. The van der Waals surface area contributed by atoms with E-state index in [-0.39, 0.29) is 18.8 Å². The normalized spacial score (nSPS) is 12.4. The number of aliphatic hydroxyl groups excluding tert-OH is 2. The van der Waals surface area contributed by atoms with Crippen molar-refractivity contribution in [1.29, 1.82) is 0 Å². The largest absolute Gasteiger partial charge is 0.395 e. The molecule has 0 spiro atoms. The maximum Gasteiger partial charge on any atom is 0.304 e. The van der Waals surface area contributed by atoms with E-state index in [1.165, 1.54) is 6.07 Å². The fraction of sp³-hybridized carbons (Fsp3) is 0.636. The lowest BCUT2D eigenvalue weighted by molar-refractivity contribution is -0.383. The molecule has 1 atom stereocenters. The summed E-state index contributed by atoms with van der Waals surface area (Å²) in [6.45, 7) is 2.58. The Bertz CT molecular complexity index is 421. The van der Waals surface area contributed by atoms with E-state index in [4.69, 9.17) is 9.84 Å². The molecule has 1 heterocycles. The molecular formula is C11H18N2O5S. The zero-order valence-electron chi connectivity index (χ0n) is 10.9. The number of nitro groups is 1. The lowest BCUT2D eigenvalue weighted by atomic mass is 10.3. The van der Waals surface area contributed by atoms with Crippen LogP contribution in [0, 0.1) is 10.1 Å². The first-order valence-electron chi connectivity index (χ1n) is 5.82. The van der Waals surface area contributed by atoms with Crippen molar-refractivity contribution in [2.24, 2.45) is 0 Å². The maximum absolute atomic E-state index is 11.1. The topological polar surface area (TPSA) is 96.1 Å². The molecule has 0 saturated heterocycles. The van der Waals surface area contributed by atoms with Gasteiger partial charge in [-0.1, -0.05) is 0 Å². The van der Waals surface area contributed by atoms with Gasteiger partial charge in [0, 0.05) is 31.1 Å². The van der Waals surface area contributed by atoms with Crippen LogP contribution in [0.15, 0.2) is 6.07 Å². The molecule has 19 heavy (non-hydrogen) atoms. The van der Waals surface area contributed by atoms with Gasteiger partial charge in [-0.25, -0.2) is 0 Å². The van der Waals surface area contributed by atoms with Crippen molar-refractivity contribution in [2.75, 3.05) is 38.3 Å². The van der Waals surface area contributed by atoms with E-state index >= 15 is 0 Å². The van der Waals surface area contributed by atoms with Crippen molar-refractivity contribution in [3.05, 3.63) is 21.1 Å². The van der Waals surface area contributed by atoms with E-state index in [2.05, 4.69) is 0 Å². The average Bonchev–Trinajstić information content (AvgIpc) is 2.79. The van der Waals surface area contributed by atoms with Crippen LogP contribution in [0.2, 0.25) is 0 Å². The third kappa shape index (κ3) is 4.13. The smallest absolute Gasteiger partial charge is 0.304 e. The van der Waals surface area contributed by atoms with Gasteiger partial charge in [0.1, 0.15) is 0 Å². The fourth-order valence-electron chi connectivity index (χ4n) is 1.59. The summed E-state index contributed by atoms with van der Waals surface area (Å²) in [4.78, 5) is 12.8. The summed E-state index contributed by atoms with van der Waals surface area (Å²) in [5.41, 5.74) is -0.0505. The van der Waals surface area contributed by atoms with Crippen LogP contribution >= 0.6 is 11.3 Å². The molecule has 108 valence electrons. The van der Waals surface area contributed by atoms with Gasteiger partial charge in [-0.05, 0) is 6.92 Å².